The molecule has 0 amide bonds. The molecule has 108 valence electrons. The van der Waals surface area contributed by atoms with Crippen LogP contribution in [0.15, 0.2) is 48.7 Å². The second-order valence-electron chi connectivity index (χ2n) is 6.30. The lowest BCUT2D eigenvalue weighted by atomic mass is 9.75. The predicted octanol–water partition coefficient (Wildman–Crippen LogP) is 3.04. The van der Waals surface area contributed by atoms with Crippen molar-refractivity contribution in [3.05, 3.63) is 59.8 Å². The van der Waals surface area contributed by atoms with Crippen molar-refractivity contribution in [2.75, 3.05) is 25.0 Å². The van der Waals surface area contributed by atoms with Crippen LogP contribution >= 0.6 is 0 Å². The van der Waals surface area contributed by atoms with Crippen molar-refractivity contribution < 1.29 is 0 Å². The van der Waals surface area contributed by atoms with Gasteiger partial charge in [-0.05, 0) is 37.6 Å². The summed E-state index contributed by atoms with van der Waals surface area (Å²) in [5, 5.41) is 3.50. The number of aromatic nitrogens is 1. The molecule has 1 fully saturated rings. The predicted molar refractivity (Wildman–Crippen MR) is 85.4 cm³/mol. The molecule has 0 aliphatic carbocycles. The highest BCUT2D eigenvalue weighted by Crippen LogP contribution is 2.42. The van der Waals surface area contributed by atoms with Gasteiger partial charge in [-0.1, -0.05) is 36.4 Å². The summed E-state index contributed by atoms with van der Waals surface area (Å²) >= 11 is 0. The Morgan fingerprint density at radius 3 is 2.67 bits per heavy atom. The van der Waals surface area contributed by atoms with Gasteiger partial charge in [0.25, 0.3) is 0 Å². The summed E-state index contributed by atoms with van der Waals surface area (Å²) in [5.41, 5.74) is 3.17. The van der Waals surface area contributed by atoms with E-state index in [0.717, 1.165) is 18.9 Å². The van der Waals surface area contributed by atoms with Gasteiger partial charge in [-0.25, -0.2) is 4.98 Å². The zero-order valence-corrected chi connectivity index (χ0v) is 12.3. The molecule has 0 atom stereocenters. The molecule has 1 saturated heterocycles. The number of nitrogens with zero attached hydrogens (tertiary/aromatic N) is 2. The zero-order chi connectivity index (χ0) is 14.1. The number of likely N-dealkylation sites (tertiary alicyclic amines) is 1. The first-order chi connectivity index (χ1) is 10.4. The van der Waals surface area contributed by atoms with Crippen LogP contribution in [0.5, 0.6) is 0 Å². The molecule has 2 aliphatic heterocycles. The summed E-state index contributed by atoms with van der Waals surface area (Å²) in [5.74, 6) is 1.11. The highest BCUT2D eigenvalue weighted by Gasteiger charge is 2.41. The van der Waals surface area contributed by atoms with E-state index in [1.807, 2.05) is 6.20 Å². The van der Waals surface area contributed by atoms with Gasteiger partial charge in [-0.3, -0.25) is 4.90 Å². The van der Waals surface area contributed by atoms with Gasteiger partial charge in [0.05, 0.1) is 0 Å². The lowest BCUT2D eigenvalue weighted by Crippen LogP contribution is -2.43. The van der Waals surface area contributed by atoms with Crippen LogP contribution in [0, 0.1) is 0 Å². The van der Waals surface area contributed by atoms with Gasteiger partial charge in [-0.2, -0.15) is 0 Å². The second-order valence-corrected chi connectivity index (χ2v) is 6.30. The van der Waals surface area contributed by atoms with Crippen LogP contribution in [0.25, 0.3) is 0 Å². The summed E-state index contributed by atoms with van der Waals surface area (Å²) in [7, 11) is 0. The van der Waals surface area contributed by atoms with Crippen molar-refractivity contribution in [1.29, 1.82) is 0 Å². The fourth-order valence-electron chi connectivity index (χ4n) is 3.75. The Hall–Kier alpha value is -1.87. The van der Waals surface area contributed by atoms with Crippen LogP contribution in [-0.4, -0.2) is 29.5 Å². The molecule has 1 aromatic heterocycles. The molecule has 0 saturated carbocycles. The van der Waals surface area contributed by atoms with Crippen molar-refractivity contribution in [3.8, 4) is 0 Å². The molecule has 2 aromatic rings. The van der Waals surface area contributed by atoms with E-state index in [2.05, 4.69) is 57.7 Å². The molecule has 0 radical (unpaired) electrons. The quantitative estimate of drug-likeness (QED) is 0.916. The topological polar surface area (TPSA) is 28.2 Å². The molecule has 3 heterocycles. The lowest BCUT2D eigenvalue weighted by Gasteiger charge is -2.39. The van der Waals surface area contributed by atoms with Crippen LogP contribution in [0.4, 0.5) is 5.82 Å². The first-order valence-corrected chi connectivity index (χ1v) is 7.81. The second kappa shape index (κ2) is 5.15. The molecule has 3 nitrogen and oxygen atoms in total. The number of nitrogens with one attached hydrogen (secondary N) is 1. The summed E-state index contributed by atoms with van der Waals surface area (Å²) in [6.45, 7) is 4.47. The normalized spacial score (nSPS) is 20.2. The Morgan fingerprint density at radius 1 is 1.05 bits per heavy atom. The first kappa shape index (κ1) is 12.8. The summed E-state index contributed by atoms with van der Waals surface area (Å²) in [6.07, 6.45) is 4.34. The maximum atomic E-state index is 4.47. The van der Waals surface area contributed by atoms with Crippen molar-refractivity contribution in [2.45, 2.75) is 24.8 Å². The maximum absolute atomic E-state index is 4.47. The van der Waals surface area contributed by atoms with Gasteiger partial charge in [0.2, 0.25) is 0 Å². The zero-order valence-electron chi connectivity index (χ0n) is 12.3. The van der Waals surface area contributed by atoms with Crippen molar-refractivity contribution >= 4 is 5.82 Å². The third-order valence-corrected chi connectivity index (χ3v) is 5.04. The molecule has 1 spiro atoms. The number of piperidine rings is 1. The molecule has 4 rings (SSSR count). The van der Waals surface area contributed by atoms with E-state index in [4.69, 9.17) is 0 Å². The third-order valence-electron chi connectivity index (χ3n) is 5.04. The van der Waals surface area contributed by atoms with E-state index >= 15 is 0 Å². The molecule has 3 heteroatoms. The number of hydrogen-bond acceptors (Lipinski definition) is 3. The summed E-state index contributed by atoms with van der Waals surface area (Å²) < 4.78 is 0. The minimum atomic E-state index is 0.316. The molecule has 0 bridgehead atoms. The maximum Gasteiger partial charge on any atom is 0.129 e. The van der Waals surface area contributed by atoms with Crippen LogP contribution in [-0.2, 0) is 12.0 Å². The summed E-state index contributed by atoms with van der Waals surface area (Å²) in [6, 6.07) is 15.1. The van der Waals surface area contributed by atoms with E-state index in [0.29, 0.717) is 5.41 Å². The van der Waals surface area contributed by atoms with Crippen LogP contribution in [0.1, 0.15) is 24.0 Å². The molecular formula is C18H21N3. The van der Waals surface area contributed by atoms with Crippen LogP contribution in [0.2, 0.25) is 0 Å². The number of hydrogen-bond donors (Lipinski definition) is 1. The Bertz CT molecular complexity index is 615. The number of fused-ring (bicyclic) bond motifs is 2. The third kappa shape index (κ3) is 2.32. The largest absolute Gasteiger partial charge is 0.369 e. The lowest BCUT2D eigenvalue weighted by molar-refractivity contribution is 0.162. The minimum Gasteiger partial charge on any atom is -0.369 e. The molecular weight excluding hydrogens is 258 g/mol. The molecule has 21 heavy (non-hydrogen) atoms. The average Bonchev–Trinajstić information content (AvgIpc) is 2.90. The fourth-order valence-corrected chi connectivity index (χ4v) is 3.75. The van der Waals surface area contributed by atoms with Crippen molar-refractivity contribution in [1.82, 2.24) is 9.88 Å². The first-order valence-electron chi connectivity index (χ1n) is 7.81. The van der Waals surface area contributed by atoms with Gasteiger partial charge in [-0.15, -0.1) is 0 Å². The minimum absolute atomic E-state index is 0.316. The SMILES string of the molecule is c1ccc(CN2CCC3(CC2)CNc2ncccc23)cc1. The highest BCUT2D eigenvalue weighted by atomic mass is 15.1. The number of benzene rings is 1. The van der Waals surface area contributed by atoms with E-state index in [9.17, 15) is 0 Å². The van der Waals surface area contributed by atoms with E-state index in [1.165, 1.54) is 37.1 Å². The van der Waals surface area contributed by atoms with Crippen molar-refractivity contribution in [3.63, 3.8) is 0 Å². The molecule has 1 N–H and O–H groups in total. The molecule has 1 aromatic carbocycles. The standard InChI is InChI=1S/C18H21N3/c1-2-5-15(6-3-1)13-21-11-8-18(9-12-21)14-20-17-16(18)7-4-10-19-17/h1-7,10H,8-9,11-14H2,(H,19,20). The Balaban J connectivity index is 1.46. The Kier molecular flexibility index (Phi) is 3.15. The van der Waals surface area contributed by atoms with Crippen LogP contribution in [0.3, 0.4) is 0 Å². The average molecular weight is 279 g/mol. The molecule has 2 aliphatic rings. The fraction of sp³-hybridized carbons (Fsp3) is 0.389. The monoisotopic (exact) mass is 279 g/mol. The van der Waals surface area contributed by atoms with E-state index in [-0.39, 0.29) is 0 Å². The van der Waals surface area contributed by atoms with E-state index < -0.39 is 0 Å². The highest BCUT2D eigenvalue weighted by molar-refractivity contribution is 5.55. The summed E-state index contributed by atoms with van der Waals surface area (Å²) in [4.78, 5) is 7.05. The van der Waals surface area contributed by atoms with Gasteiger partial charge >= 0.3 is 0 Å². The van der Waals surface area contributed by atoms with Gasteiger partial charge < -0.3 is 5.32 Å². The van der Waals surface area contributed by atoms with Gasteiger partial charge in [0.15, 0.2) is 0 Å². The number of rotatable bonds is 2. The van der Waals surface area contributed by atoms with Gasteiger partial charge in [0, 0.05) is 30.3 Å². The number of anilines is 1. The smallest absolute Gasteiger partial charge is 0.129 e. The number of pyridine rings is 1. The van der Waals surface area contributed by atoms with Gasteiger partial charge in [0.1, 0.15) is 5.82 Å². The Labute approximate surface area is 126 Å². The Morgan fingerprint density at radius 2 is 1.86 bits per heavy atom. The van der Waals surface area contributed by atoms with Crippen LogP contribution < -0.4 is 5.32 Å². The van der Waals surface area contributed by atoms with E-state index in [1.54, 1.807) is 0 Å². The molecule has 0 unspecified atom stereocenters. The van der Waals surface area contributed by atoms with Crippen molar-refractivity contribution in [2.24, 2.45) is 0 Å².